The summed E-state index contributed by atoms with van der Waals surface area (Å²) in [5.41, 5.74) is 6.10. The molecule has 0 unspecified atom stereocenters. The fourth-order valence-corrected chi connectivity index (χ4v) is 2.66. The maximum Gasteiger partial charge on any atom is 0.137 e. The minimum absolute atomic E-state index is 0.661. The van der Waals surface area contributed by atoms with Crippen LogP contribution in [0.25, 0.3) is 17.1 Å². The van der Waals surface area contributed by atoms with Crippen LogP contribution in [0, 0.1) is 32.1 Å². The van der Waals surface area contributed by atoms with Gasteiger partial charge in [0.15, 0.2) is 0 Å². The van der Waals surface area contributed by atoms with E-state index in [1.165, 1.54) is 11.4 Å². The van der Waals surface area contributed by atoms with E-state index in [9.17, 15) is 0 Å². The van der Waals surface area contributed by atoms with E-state index < -0.39 is 0 Å². The van der Waals surface area contributed by atoms with Crippen molar-refractivity contribution in [2.24, 2.45) is 0 Å². The standard InChI is InChI=1S/C19H17N3/c1-13-10-18(17-8-6-16(12-20)7-9-17)21-19(11-13)22-14(2)4-5-15(22)3/h4-11H,1-3H3. The van der Waals surface area contributed by atoms with Gasteiger partial charge in [-0.15, -0.1) is 0 Å². The minimum Gasteiger partial charge on any atom is -0.303 e. The van der Waals surface area contributed by atoms with Gasteiger partial charge in [0.2, 0.25) is 0 Å². The molecule has 0 aliphatic carbocycles. The Bertz CT molecular complexity index is 845. The number of aromatic nitrogens is 2. The molecule has 0 N–H and O–H groups in total. The SMILES string of the molecule is Cc1cc(-c2ccc(C#N)cc2)nc(-n2c(C)ccc2C)c1. The van der Waals surface area contributed by atoms with E-state index in [1.807, 2.05) is 24.3 Å². The molecule has 3 rings (SSSR count). The summed E-state index contributed by atoms with van der Waals surface area (Å²) in [6.45, 7) is 6.24. The summed E-state index contributed by atoms with van der Waals surface area (Å²) in [6, 6.07) is 18.0. The van der Waals surface area contributed by atoms with E-state index in [0.717, 1.165) is 22.6 Å². The molecule has 0 saturated carbocycles. The molecule has 0 aliphatic rings. The Morgan fingerprint density at radius 1 is 0.909 bits per heavy atom. The highest BCUT2D eigenvalue weighted by Gasteiger charge is 2.08. The average Bonchev–Trinajstić information content (AvgIpc) is 2.86. The van der Waals surface area contributed by atoms with Crippen molar-refractivity contribution in [1.82, 2.24) is 9.55 Å². The van der Waals surface area contributed by atoms with Crippen molar-refractivity contribution in [3.63, 3.8) is 0 Å². The van der Waals surface area contributed by atoms with Crippen LogP contribution in [-0.4, -0.2) is 9.55 Å². The highest BCUT2D eigenvalue weighted by Crippen LogP contribution is 2.23. The molecule has 3 heteroatoms. The first-order valence-electron chi connectivity index (χ1n) is 7.23. The molecule has 2 aromatic heterocycles. The molecule has 3 aromatic rings. The van der Waals surface area contributed by atoms with Crippen molar-refractivity contribution in [2.75, 3.05) is 0 Å². The van der Waals surface area contributed by atoms with Crippen LogP contribution in [0.5, 0.6) is 0 Å². The number of benzene rings is 1. The molecule has 0 aliphatic heterocycles. The minimum atomic E-state index is 0.661. The first kappa shape index (κ1) is 14.1. The first-order valence-corrected chi connectivity index (χ1v) is 7.23. The van der Waals surface area contributed by atoms with Gasteiger partial charge in [-0.3, -0.25) is 0 Å². The lowest BCUT2D eigenvalue weighted by atomic mass is 10.1. The second-order valence-corrected chi connectivity index (χ2v) is 5.53. The number of nitriles is 1. The number of aryl methyl sites for hydroxylation is 3. The summed E-state index contributed by atoms with van der Waals surface area (Å²) < 4.78 is 2.15. The molecule has 1 aromatic carbocycles. The third kappa shape index (κ3) is 2.51. The van der Waals surface area contributed by atoms with Crippen LogP contribution in [0.3, 0.4) is 0 Å². The van der Waals surface area contributed by atoms with E-state index in [4.69, 9.17) is 10.2 Å². The Balaban J connectivity index is 2.12. The summed E-state index contributed by atoms with van der Waals surface area (Å²) in [7, 11) is 0. The molecule has 0 atom stereocenters. The smallest absolute Gasteiger partial charge is 0.137 e. The number of hydrogen-bond acceptors (Lipinski definition) is 2. The van der Waals surface area contributed by atoms with Crippen molar-refractivity contribution in [2.45, 2.75) is 20.8 Å². The zero-order valence-corrected chi connectivity index (χ0v) is 13.0. The van der Waals surface area contributed by atoms with Crippen molar-refractivity contribution < 1.29 is 0 Å². The van der Waals surface area contributed by atoms with Crippen LogP contribution in [0.15, 0.2) is 48.5 Å². The van der Waals surface area contributed by atoms with Gasteiger partial charge in [0.25, 0.3) is 0 Å². The van der Waals surface area contributed by atoms with Crippen LogP contribution in [0.2, 0.25) is 0 Å². The zero-order chi connectivity index (χ0) is 15.7. The van der Waals surface area contributed by atoms with Gasteiger partial charge in [-0.1, -0.05) is 12.1 Å². The maximum atomic E-state index is 8.90. The number of hydrogen-bond donors (Lipinski definition) is 0. The molecular formula is C19H17N3. The van der Waals surface area contributed by atoms with E-state index in [1.54, 1.807) is 0 Å². The first-order chi connectivity index (χ1) is 10.6. The maximum absolute atomic E-state index is 8.90. The molecule has 0 amide bonds. The number of rotatable bonds is 2. The lowest BCUT2D eigenvalue weighted by Crippen LogP contribution is -2.03. The van der Waals surface area contributed by atoms with E-state index in [-0.39, 0.29) is 0 Å². The number of pyridine rings is 1. The van der Waals surface area contributed by atoms with Crippen LogP contribution in [0.1, 0.15) is 22.5 Å². The number of nitrogens with zero attached hydrogens (tertiary/aromatic N) is 3. The molecule has 0 bridgehead atoms. The predicted molar refractivity (Wildman–Crippen MR) is 87.9 cm³/mol. The van der Waals surface area contributed by atoms with Crippen molar-refractivity contribution >= 4 is 0 Å². The molecule has 0 spiro atoms. The summed E-state index contributed by atoms with van der Waals surface area (Å²) in [4.78, 5) is 4.80. The van der Waals surface area contributed by atoms with Gasteiger partial charge in [0.05, 0.1) is 17.3 Å². The van der Waals surface area contributed by atoms with Crippen molar-refractivity contribution in [1.29, 1.82) is 5.26 Å². The van der Waals surface area contributed by atoms with Gasteiger partial charge in [-0.05, 0) is 62.7 Å². The van der Waals surface area contributed by atoms with Gasteiger partial charge in [0.1, 0.15) is 5.82 Å². The van der Waals surface area contributed by atoms with Gasteiger partial charge >= 0.3 is 0 Å². The Kier molecular flexibility index (Phi) is 3.52. The van der Waals surface area contributed by atoms with Gasteiger partial charge in [0, 0.05) is 17.0 Å². The van der Waals surface area contributed by atoms with Crippen molar-refractivity contribution in [3.05, 3.63) is 71.0 Å². The third-order valence-corrected chi connectivity index (χ3v) is 3.77. The summed E-state index contributed by atoms with van der Waals surface area (Å²) >= 11 is 0. The molecule has 2 heterocycles. The second-order valence-electron chi connectivity index (χ2n) is 5.53. The monoisotopic (exact) mass is 287 g/mol. The Labute approximate surface area is 130 Å². The quantitative estimate of drug-likeness (QED) is 0.703. The van der Waals surface area contributed by atoms with Gasteiger partial charge in [-0.25, -0.2) is 4.98 Å². The van der Waals surface area contributed by atoms with Gasteiger partial charge < -0.3 is 4.57 Å². The lowest BCUT2D eigenvalue weighted by Gasteiger charge is -2.12. The van der Waals surface area contributed by atoms with Gasteiger partial charge in [-0.2, -0.15) is 5.26 Å². The van der Waals surface area contributed by atoms with E-state index in [2.05, 4.69) is 55.7 Å². The topological polar surface area (TPSA) is 41.6 Å². The fraction of sp³-hybridized carbons (Fsp3) is 0.158. The van der Waals surface area contributed by atoms with E-state index in [0.29, 0.717) is 5.56 Å². The largest absolute Gasteiger partial charge is 0.303 e. The van der Waals surface area contributed by atoms with Crippen molar-refractivity contribution in [3.8, 4) is 23.1 Å². The molecule has 22 heavy (non-hydrogen) atoms. The molecule has 108 valence electrons. The molecule has 0 fully saturated rings. The Hall–Kier alpha value is -2.86. The van der Waals surface area contributed by atoms with E-state index >= 15 is 0 Å². The molecule has 3 nitrogen and oxygen atoms in total. The Morgan fingerprint density at radius 3 is 2.14 bits per heavy atom. The van der Waals surface area contributed by atoms with Crippen LogP contribution in [0.4, 0.5) is 0 Å². The summed E-state index contributed by atoms with van der Waals surface area (Å²) in [6.07, 6.45) is 0. The zero-order valence-electron chi connectivity index (χ0n) is 13.0. The van der Waals surface area contributed by atoms with Crippen LogP contribution < -0.4 is 0 Å². The normalized spacial score (nSPS) is 10.5. The second kappa shape index (κ2) is 5.50. The average molecular weight is 287 g/mol. The predicted octanol–water partition coefficient (Wildman–Crippen LogP) is 4.34. The summed E-state index contributed by atoms with van der Waals surface area (Å²) in [5.74, 6) is 0.930. The lowest BCUT2D eigenvalue weighted by molar-refractivity contribution is 0.921. The highest BCUT2D eigenvalue weighted by molar-refractivity contribution is 5.62. The molecular weight excluding hydrogens is 270 g/mol. The highest BCUT2D eigenvalue weighted by atomic mass is 15.1. The summed E-state index contributed by atoms with van der Waals surface area (Å²) in [5, 5.41) is 8.90. The third-order valence-electron chi connectivity index (χ3n) is 3.77. The van der Waals surface area contributed by atoms with Crippen LogP contribution >= 0.6 is 0 Å². The fourth-order valence-electron chi connectivity index (χ4n) is 2.66. The van der Waals surface area contributed by atoms with Crippen LogP contribution in [-0.2, 0) is 0 Å². The molecule has 0 saturated heterocycles. The molecule has 0 radical (unpaired) electrons. The Morgan fingerprint density at radius 2 is 1.55 bits per heavy atom.